The number of carbonyl (C=O) groups excluding carboxylic acids is 3. The van der Waals surface area contributed by atoms with E-state index < -0.39 is 5.92 Å². The van der Waals surface area contributed by atoms with E-state index in [1.165, 1.54) is 7.11 Å². The molecule has 1 heterocycles. The lowest BCUT2D eigenvalue weighted by atomic mass is 9.90. The molecule has 0 aromatic carbocycles. The zero-order chi connectivity index (χ0) is 17.3. The van der Waals surface area contributed by atoms with E-state index in [2.05, 4.69) is 0 Å². The minimum atomic E-state index is -0.406. The van der Waals surface area contributed by atoms with E-state index in [9.17, 15) is 14.4 Å². The van der Waals surface area contributed by atoms with Gasteiger partial charge in [-0.1, -0.05) is 27.7 Å². The van der Waals surface area contributed by atoms with Crippen molar-refractivity contribution in [2.75, 3.05) is 7.11 Å². The van der Waals surface area contributed by atoms with Crippen LogP contribution in [0.2, 0.25) is 0 Å². The summed E-state index contributed by atoms with van der Waals surface area (Å²) in [4.78, 5) is 39.0. The van der Waals surface area contributed by atoms with Gasteiger partial charge in [0.05, 0.1) is 25.5 Å². The predicted molar refractivity (Wildman–Crippen MR) is 86.6 cm³/mol. The Morgan fingerprint density at radius 1 is 1.09 bits per heavy atom. The van der Waals surface area contributed by atoms with Crippen LogP contribution in [0.25, 0.3) is 0 Å². The van der Waals surface area contributed by atoms with Gasteiger partial charge in [0.25, 0.3) is 0 Å². The van der Waals surface area contributed by atoms with Crippen LogP contribution >= 0.6 is 0 Å². The smallest absolute Gasteiger partial charge is 0.306 e. The van der Waals surface area contributed by atoms with Crippen LogP contribution in [0, 0.1) is 23.7 Å². The van der Waals surface area contributed by atoms with Gasteiger partial charge >= 0.3 is 5.97 Å². The Morgan fingerprint density at radius 2 is 1.74 bits per heavy atom. The molecule has 1 amide bonds. The van der Waals surface area contributed by atoms with E-state index in [4.69, 9.17) is 4.74 Å². The molecule has 2 aliphatic rings. The third-order valence-corrected chi connectivity index (χ3v) is 5.08. The van der Waals surface area contributed by atoms with Gasteiger partial charge in [0.2, 0.25) is 5.91 Å². The molecular weight excluding hydrogens is 294 g/mol. The van der Waals surface area contributed by atoms with Crippen molar-refractivity contribution in [3.8, 4) is 0 Å². The SMILES string of the molecule is COC(=O)CC(C(=O)N1C(C(=O)CC(C)C)CC2CC21)C(C)C. The fourth-order valence-corrected chi connectivity index (χ4v) is 3.66. The molecule has 5 heteroatoms. The molecule has 2 fully saturated rings. The molecule has 0 bridgehead atoms. The number of ether oxygens (including phenoxy) is 1. The number of piperidine rings is 1. The molecule has 1 aliphatic carbocycles. The lowest BCUT2D eigenvalue weighted by Gasteiger charge is -2.32. The Hall–Kier alpha value is -1.39. The standard InChI is InChI=1S/C18H29NO4/c1-10(2)6-16(20)15-8-12-7-14(12)19(15)18(22)13(11(3)4)9-17(21)23-5/h10-15H,6-9H2,1-5H3. The molecule has 1 aliphatic heterocycles. The topological polar surface area (TPSA) is 63.7 Å². The van der Waals surface area contributed by atoms with Crippen molar-refractivity contribution in [3.05, 3.63) is 0 Å². The first-order chi connectivity index (χ1) is 10.8. The summed E-state index contributed by atoms with van der Waals surface area (Å²) in [6, 6.07) is -0.0740. The van der Waals surface area contributed by atoms with Gasteiger partial charge in [0.1, 0.15) is 0 Å². The van der Waals surface area contributed by atoms with Gasteiger partial charge in [-0.25, -0.2) is 0 Å². The number of hydrogen-bond donors (Lipinski definition) is 0. The van der Waals surface area contributed by atoms with Gasteiger partial charge in [-0.05, 0) is 30.6 Å². The molecule has 0 spiro atoms. The van der Waals surface area contributed by atoms with Crippen molar-refractivity contribution in [3.63, 3.8) is 0 Å². The summed E-state index contributed by atoms with van der Waals surface area (Å²) < 4.78 is 4.73. The summed E-state index contributed by atoms with van der Waals surface area (Å²) in [6.45, 7) is 7.93. The second kappa shape index (κ2) is 7.02. The number of ketones is 1. The number of amides is 1. The zero-order valence-corrected chi connectivity index (χ0v) is 14.9. The van der Waals surface area contributed by atoms with Gasteiger partial charge in [-0.15, -0.1) is 0 Å². The first-order valence-electron chi connectivity index (χ1n) is 8.67. The van der Waals surface area contributed by atoms with Crippen LogP contribution in [0.15, 0.2) is 0 Å². The summed E-state index contributed by atoms with van der Waals surface area (Å²) >= 11 is 0. The number of carbonyl (C=O) groups is 3. The Kier molecular flexibility index (Phi) is 5.48. The highest BCUT2D eigenvalue weighted by Gasteiger charge is 2.56. The molecule has 0 N–H and O–H groups in total. The Morgan fingerprint density at radius 3 is 2.26 bits per heavy atom. The maximum atomic E-state index is 13.0. The summed E-state index contributed by atoms with van der Waals surface area (Å²) in [7, 11) is 1.34. The molecule has 0 aromatic rings. The first kappa shape index (κ1) is 18.0. The van der Waals surface area contributed by atoms with Crippen LogP contribution in [-0.2, 0) is 19.1 Å². The molecule has 0 aromatic heterocycles. The van der Waals surface area contributed by atoms with E-state index in [0.717, 1.165) is 12.8 Å². The van der Waals surface area contributed by atoms with Gasteiger partial charge in [0.15, 0.2) is 5.78 Å². The van der Waals surface area contributed by atoms with Gasteiger partial charge in [-0.3, -0.25) is 14.4 Å². The highest BCUT2D eigenvalue weighted by Crippen LogP contribution is 2.49. The van der Waals surface area contributed by atoms with Crippen molar-refractivity contribution in [1.82, 2.24) is 4.90 Å². The average Bonchev–Trinajstić information content (AvgIpc) is 3.13. The maximum Gasteiger partial charge on any atom is 0.306 e. The number of nitrogens with zero attached hydrogens (tertiary/aromatic N) is 1. The fourth-order valence-electron chi connectivity index (χ4n) is 3.66. The van der Waals surface area contributed by atoms with Crippen molar-refractivity contribution in [2.24, 2.45) is 23.7 Å². The Balaban J connectivity index is 2.13. The number of Topliss-reactive ketones (excluding diaryl/α,β-unsaturated/α-hetero) is 1. The lowest BCUT2D eigenvalue weighted by Crippen LogP contribution is -2.47. The first-order valence-corrected chi connectivity index (χ1v) is 8.67. The number of methoxy groups -OCH3 is 1. The molecule has 23 heavy (non-hydrogen) atoms. The number of fused-ring (bicyclic) bond motifs is 1. The van der Waals surface area contributed by atoms with E-state index in [0.29, 0.717) is 18.3 Å². The Bertz CT molecular complexity index is 485. The summed E-state index contributed by atoms with van der Waals surface area (Å²) in [5.41, 5.74) is 0. The molecule has 0 radical (unpaired) electrons. The minimum absolute atomic E-state index is 0.0419. The zero-order valence-electron chi connectivity index (χ0n) is 14.9. The predicted octanol–water partition coefficient (Wildman–Crippen LogP) is 2.43. The highest BCUT2D eigenvalue weighted by molar-refractivity contribution is 5.92. The van der Waals surface area contributed by atoms with E-state index in [1.54, 1.807) is 0 Å². The van der Waals surface area contributed by atoms with E-state index in [-0.39, 0.29) is 42.1 Å². The Labute approximate surface area is 138 Å². The van der Waals surface area contributed by atoms with Crippen molar-refractivity contribution in [1.29, 1.82) is 0 Å². The molecule has 1 saturated carbocycles. The molecule has 2 rings (SSSR count). The summed E-state index contributed by atoms with van der Waals surface area (Å²) in [5.74, 6) is 0.169. The molecular formula is C18H29NO4. The monoisotopic (exact) mass is 323 g/mol. The summed E-state index contributed by atoms with van der Waals surface area (Å²) in [6.07, 6.45) is 2.40. The third-order valence-electron chi connectivity index (χ3n) is 5.08. The average molecular weight is 323 g/mol. The lowest BCUT2D eigenvalue weighted by molar-refractivity contribution is -0.150. The maximum absolute atomic E-state index is 13.0. The fraction of sp³-hybridized carbons (Fsp3) is 0.833. The van der Waals surface area contributed by atoms with E-state index in [1.807, 2.05) is 32.6 Å². The number of esters is 1. The van der Waals surface area contributed by atoms with Crippen LogP contribution in [0.5, 0.6) is 0 Å². The van der Waals surface area contributed by atoms with Crippen LogP contribution in [0.1, 0.15) is 53.4 Å². The van der Waals surface area contributed by atoms with Gasteiger partial charge in [-0.2, -0.15) is 0 Å². The largest absolute Gasteiger partial charge is 0.469 e. The van der Waals surface area contributed by atoms with Crippen LogP contribution < -0.4 is 0 Å². The number of rotatable bonds is 7. The van der Waals surface area contributed by atoms with Crippen molar-refractivity contribution >= 4 is 17.7 Å². The minimum Gasteiger partial charge on any atom is -0.469 e. The second-order valence-corrected chi connectivity index (χ2v) is 7.76. The molecule has 1 saturated heterocycles. The molecule has 130 valence electrons. The number of likely N-dealkylation sites (tertiary alicyclic amines) is 1. The van der Waals surface area contributed by atoms with Gasteiger partial charge < -0.3 is 9.64 Å². The normalized spacial score (nSPS) is 27.1. The summed E-state index contributed by atoms with van der Waals surface area (Å²) in [5, 5.41) is 0. The molecule has 4 atom stereocenters. The quantitative estimate of drug-likeness (QED) is 0.675. The molecule has 4 unspecified atom stereocenters. The van der Waals surface area contributed by atoms with Crippen LogP contribution in [-0.4, -0.2) is 41.8 Å². The second-order valence-electron chi connectivity index (χ2n) is 7.76. The van der Waals surface area contributed by atoms with E-state index >= 15 is 0 Å². The highest BCUT2D eigenvalue weighted by atomic mass is 16.5. The van der Waals surface area contributed by atoms with Crippen molar-refractivity contribution < 1.29 is 19.1 Å². The third kappa shape index (κ3) is 3.93. The van der Waals surface area contributed by atoms with Crippen LogP contribution in [0.3, 0.4) is 0 Å². The van der Waals surface area contributed by atoms with Crippen molar-refractivity contribution in [2.45, 2.75) is 65.5 Å². The van der Waals surface area contributed by atoms with Crippen LogP contribution in [0.4, 0.5) is 0 Å². The van der Waals surface area contributed by atoms with Gasteiger partial charge in [0, 0.05) is 12.5 Å². The molecule has 5 nitrogen and oxygen atoms in total. The number of hydrogen-bond acceptors (Lipinski definition) is 4.